The molecule has 4 nitrogen and oxygen atoms in total. The Balaban J connectivity index is 1.83. The van der Waals surface area contributed by atoms with Crippen LogP contribution in [-0.4, -0.2) is 28.8 Å². The van der Waals surface area contributed by atoms with Crippen molar-refractivity contribution in [3.8, 4) is 0 Å². The fourth-order valence-electron chi connectivity index (χ4n) is 3.75. The molecule has 3 rings (SSSR count). The van der Waals surface area contributed by atoms with E-state index in [1.807, 2.05) is 0 Å². The lowest BCUT2D eigenvalue weighted by Crippen LogP contribution is -2.50. The number of halogens is 4. The number of hydrogen-bond acceptors (Lipinski definition) is 2. The van der Waals surface area contributed by atoms with Crippen molar-refractivity contribution >= 4 is 58.2 Å². The van der Waals surface area contributed by atoms with Crippen molar-refractivity contribution in [3.63, 3.8) is 0 Å². The zero-order chi connectivity index (χ0) is 22.5. The molecule has 0 bridgehead atoms. The van der Waals surface area contributed by atoms with Gasteiger partial charge >= 0.3 is 0 Å². The van der Waals surface area contributed by atoms with Crippen LogP contribution in [0, 0.1) is 0 Å². The lowest BCUT2D eigenvalue weighted by atomic mass is 10.1. The highest BCUT2D eigenvalue weighted by molar-refractivity contribution is 6.42. The van der Waals surface area contributed by atoms with Crippen LogP contribution >= 0.6 is 46.4 Å². The number of carbonyl (C=O) groups excluding carboxylic acids is 2. The zero-order valence-electron chi connectivity index (χ0n) is 17.1. The molecular weight excluding hydrogens is 478 g/mol. The third-order valence-electron chi connectivity index (χ3n) is 5.60. The number of carbonyl (C=O) groups is 2. The fraction of sp³-hybridized carbons (Fsp3) is 0.391. The molecule has 1 N–H and O–H groups in total. The Morgan fingerprint density at radius 2 is 1.65 bits per heavy atom. The van der Waals surface area contributed by atoms with Crippen LogP contribution in [0.2, 0.25) is 20.1 Å². The Labute approximate surface area is 202 Å². The highest BCUT2D eigenvalue weighted by atomic mass is 35.5. The second-order valence-corrected chi connectivity index (χ2v) is 9.44. The van der Waals surface area contributed by atoms with Crippen LogP contribution in [0.25, 0.3) is 0 Å². The molecule has 0 aliphatic heterocycles. The van der Waals surface area contributed by atoms with E-state index < -0.39 is 6.04 Å². The van der Waals surface area contributed by atoms with Crippen LogP contribution in [0.4, 0.5) is 0 Å². The third kappa shape index (κ3) is 6.29. The Bertz CT molecular complexity index is 940. The molecule has 31 heavy (non-hydrogen) atoms. The molecule has 0 heterocycles. The van der Waals surface area contributed by atoms with Crippen molar-refractivity contribution in [1.82, 2.24) is 10.2 Å². The maximum Gasteiger partial charge on any atom is 0.242 e. The second-order valence-electron chi connectivity index (χ2n) is 7.81. The van der Waals surface area contributed by atoms with Gasteiger partial charge in [-0.3, -0.25) is 9.59 Å². The second kappa shape index (κ2) is 10.9. The summed E-state index contributed by atoms with van der Waals surface area (Å²) in [5.74, 6) is -0.416. The van der Waals surface area contributed by atoms with Gasteiger partial charge in [-0.25, -0.2) is 0 Å². The third-order valence-corrected chi connectivity index (χ3v) is 7.05. The van der Waals surface area contributed by atoms with Crippen LogP contribution in [0.5, 0.6) is 0 Å². The van der Waals surface area contributed by atoms with Crippen molar-refractivity contribution in [1.29, 1.82) is 0 Å². The highest BCUT2D eigenvalue weighted by Gasteiger charge is 2.29. The van der Waals surface area contributed by atoms with Crippen molar-refractivity contribution in [2.24, 2.45) is 0 Å². The summed E-state index contributed by atoms with van der Waals surface area (Å²) < 4.78 is 0. The van der Waals surface area contributed by atoms with Crippen molar-refractivity contribution in [3.05, 3.63) is 67.6 Å². The van der Waals surface area contributed by atoms with Gasteiger partial charge < -0.3 is 10.2 Å². The molecule has 0 radical (unpaired) electrons. The minimum atomic E-state index is -0.691. The van der Waals surface area contributed by atoms with Gasteiger partial charge in [0.15, 0.2) is 0 Å². The zero-order valence-corrected chi connectivity index (χ0v) is 20.2. The first kappa shape index (κ1) is 24.2. The van der Waals surface area contributed by atoms with Gasteiger partial charge in [0, 0.05) is 28.2 Å². The molecule has 0 spiro atoms. The van der Waals surface area contributed by atoms with Gasteiger partial charge in [-0.2, -0.15) is 0 Å². The van der Waals surface area contributed by atoms with E-state index in [-0.39, 0.29) is 30.8 Å². The van der Waals surface area contributed by atoms with Crippen LogP contribution in [0.3, 0.4) is 0 Å². The summed E-state index contributed by atoms with van der Waals surface area (Å²) in [5, 5.41) is 4.76. The Kier molecular flexibility index (Phi) is 8.51. The molecule has 8 heteroatoms. The van der Waals surface area contributed by atoms with E-state index >= 15 is 0 Å². The largest absolute Gasteiger partial charge is 0.352 e. The minimum absolute atomic E-state index is 0.0695. The van der Waals surface area contributed by atoms with Gasteiger partial charge in [0.25, 0.3) is 0 Å². The SMILES string of the molecule is C[C@@H](C(=O)NC1CCCC1)N(Cc1c(Cl)cccc1Cl)C(=O)Cc1ccc(Cl)c(Cl)c1. The lowest BCUT2D eigenvalue weighted by molar-refractivity contribution is -0.140. The van der Waals surface area contributed by atoms with Gasteiger partial charge in [0.05, 0.1) is 16.5 Å². The Hall–Kier alpha value is -1.46. The summed E-state index contributed by atoms with van der Waals surface area (Å²) >= 11 is 24.8. The number of amides is 2. The van der Waals surface area contributed by atoms with Crippen molar-refractivity contribution < 1.29 is 9.59 Å². The normalized spacial score (nSPS) is 15.0. The van der Waals surface area contributed by atoms with Gasteiger partial charge in [0.1, 0.15) is 6.04 Å². The quantitative estimate of drug-likeness (QED) is 0.482. The molecule has 1 atom stereocenters. The lowest BCUT2D eigenvalue weighted by Gasteiger charge is -2.30. The van der Waals surface area contributed by atoms with Gasteiger partial charge in [-0.1, -0.05) is 71.4 Å². The minimum Gasteiger partial charge on any atom is -0.352 e. The first-order valence-electron chi connectivity index (χ1n) is 10.2. The van der Waals surface area contributed by atoms with E-state index in [0.717, 1.165) is 25.7 Å². The molecule has 1 aliphatic carbocycles. The summed E-state index contributed by atoms with van der Waals surface area (Å²) in [6.45, 7) is 1.85. The molecule has 1 fully saturated rings. The topological polar surface area (TPSA) is 49.4 Å². The predicted molar refractivity (Wildman–Crippen MR) is 127 cm³/mol. The van der Waals surface area contributed by atoms with E-state index in [2.05, 4.69) is 5.32 Å². The summed E-state index contributed by atoms with van der Waals surface area (Å²) in [5.41, 5.74) is 1.31. The monoisotopic (exact) mass is 500 g/mol. The smallest absolute Gasteiger partial charge is 0.242 e. The van der Waals surface area contributed by atoms with Gasteiger partial charge in [-0.05, 0) is 49.6 Å². The maximum atomic E-state index is 13.3. The van der Waals surface area contributed by atoms with Gasteiger partial charge in [0.2, 0.25) is 11.8 Å². The average molecular weight is 502 g/mol. The fourth-order valence-corrected chi connectivity index (χ4v) is 4.59. The number of nitrogens with zero attached hydrogens (tertiary/aromatic N) is 1. The van der Waals surface area contributed by atoms with E-state index in [1.54, 1.807) is 43.3 Å². The maximum absolute atomic E-state index is 13.3. The number of hydrogen-bond donors (Lipinski definition) is 1. The summed E-state index contributed by atoms with van der Waals surface area (Å²) in [7, 11) is 0. The van der Waals surface area contributed by atoms with Crippen LogP contribution in [0.15, 0.2) is 36.4 Å². The summed E-state index contributed by atoms with van der Waals surface area (Å²) in [6.07, 6.45) is 4.21. The van der Waals surface area contributed by atoms with E-state index in [0.29, 0.717) is 31.2 Å². The molecule has 0 saturated heterocycles. The molecule has 166 valence electrons. The van der Waals surface area contributed by atoms with Crippen LogP contribution in [0.1, 0.15) is 43.7 Å². The Morgan fingerprint density at radius 3 is 2.26 bits per heavy atom. The molecule has 0 unspecified atom stereocenters. The molecule has 2 aromatic rings. The molecular formula is C23H24Cl4N2O2. The van der Waals surface area contributed by atoms with Crippen molar-refractivity contribution in [2.75, 3.05) is 0 Å². The van der Waals surface area contributed by atoms with E-state index in [4.69, 9.17) is 46.4 Å². The number of nitrogens with one attached hydrogen (secondary N) is 1. The van der Waals surface area contributed by atoms with Crippen LogP contribution < -0.4 is 5.32 Å². The molecule has 2 amide bonds. The van der Waals surface area contributed by atoms with Gasteiger partial charge in [-0.15, -0.1) is 0 Å². The van der Waals surface area contributed by atoms with E-state index in [9.17, 15) is 9.59 Å². The first-order chi connectivity index (χ1) is 14.8. The first-order valence-corrected chi connectivity index (χ1v) is 11.7. The molecule has 1 saturated carbocycles. The highest BCUT2D eigenvalue weighted by Crippen LogP contribution is 2.28. The molecule has 0 aromatic heterocycles. The predicted octanol–water partition coefficient (Wildman–Crippen LogP) is 6.32. The molecule has 1 aliphatic rings. The van der Waals surface area contributed by atoms with Crippen molar-refractivity contribution in [2.45, 2.75) is 57.7 Å². The summed E-state index contributed by atoms with van der Waals surface area (Å²) in [4.78, 5) is 27.8. The van der Waals surface area contributed by atoms with Crippen LogP contribution in [-0.2, 0) is 22.6 Å². The number of benzene rings is 2. The van der Waals surface area contributed by atoms with E-state index in [1.165, 1.54) is 4.90 Å². The summed E-state index contributed by atoms with van der Waals surface area (Å²) in [6, 6.07) is 9.70. The standard InChI is InChI=1S/C23H24Cl4N2O2/c1-14(23(31)28-16-5-2-3-6-16)29(13-17-18(24)7-4-8-19(17)25)22(30)12-15-9-10-20(26)21(27)11-15/h4,7-11,14,16H,2-3,5-6,12-13H2,1H3,(H,28,31)/t14-/m0/s1. The number of rotatable bonds is 7. The average Bonchev–Trinajstić information content (AvgIpc) is 3.23. The molecule has 2 aromatic carbocycles. The Morgan fingerprint density at radius 1 is 1.00 bits per heavy atom.